The van der Waals surface area contributed by atoms with Crippen molar-refractivity contribution in [3.05, 3.63) is 22.6 Å². The molecule has 0 aliphatic rings. The third-order valence-electron chi connectivity index (χ3n) is 2.67. The Morgan fingerprint density at radius 2 is 2.33 bits per heavy atom. The highest BCUT2D eigenvalue weighted by Crippen LogP contribution is 2.07. The largest absolute Gasteiger partial charge is 0.383 e. The van der Waals surface area contributed by atoms with Crippen molar-refractivity contribution in [3.8, 4) is 0 Å². The molecule has 0 fully saturated rings. The highest BCUT2D eigenvalue weighted by Gasteiger charge is 2.07. The van der Waals surface area contributed by atoms with Gasteiger partial charge in [0.05, 0.1) is 18.5 Å². The van der Waals surface area contributed by atoms with Crippen LogP contribution in [0.1, 0.15) is 6.92 Å². The SMILES string of the molecule is COCCN(C)c1cnn(CC(C)CCl)c(=O)c1. The number of nitrogens with zero attached hydrogens (tertiary/aromatic N) is 3. The van der Waals surface area contributed by atoms with Gasteiger partial charge in [-0.2, -0.15) is 5.10 Å². The summed E-state index contributed by atoms with van der Waals surface area (Å²) < 4.78 is 6.44. The van der Waals surface area contributed by atoms with Crippen LogP contribution in [0.4, 0.5) is 5.69 Å². The molecular formula is C12H20ClN3O2. The first-order valence-electron chi connectivity index (χ1n) is 5.91. The number of likely N-dealkylation sites (N-methyl/N-ethyl adjacent to an activating group) is 1. The van der Waals surface area contributed by atoms with Crippen LogP contribution in [0.5, 0.6) is 0 Å². The van der Waals surface area contributed by atoms with Gasteiger partial charge in [-0.05, 0) is 5.92 Å². The number of aromatic nitrogens is 2. The van der Waals surface area contributed by atoms with Crippen LogP contribution in [-0.2, 0) is 11.3 Å². The number of hydrogen-bond donors (Lipinski definition) is 0. The summed E-state index contributed by atoms with van der Waals surface area (Å²) in [7, 11) is 3.55. The minimum Gasteiger partial charge on any atom is -0.383 e. The lowest BCUT2D eigenvalue weighted by molar-refractivity contribution is 0.206. The lowest BCUT2D eigenvalue weighted by atomic mass is 10.2. The van der Waals surface area contributed by atoms with E-state index in [1.807, 2.05) is 18.9 Å². The monoisotopic (exact) mass is 273 g/mol. The van der Waals surface area contributed by atoms with E-state index in [1.54, 1.807) is 19.4 Å². The van der Waals surface area contributed by atoms with E-state index in [0.717, 1.165) is 12.2 Å². The van der Waals surface area contributed by atoms with Gasteiger partial charge in [-0.1, -0.05) is 6.92 Å². The quantitative estimate of drug-likeness (QED) is 0.701. The Labute approximate surface area is 112 Å². The van der Waals surface area contributed by atoms with Crippen molar-refractivity contribution in [3.63, 3.8) is 0 Å². The summed E-state index contributed by atoms with van der Waals surface area (Å²) in [4.78, 5) is 13.8. The number of methoxy groups -OCH3 is 1. The first-order chi connectivity index (χ1) is 8.58. The molecule has 6 heteroatoms. The van der Waals surface area contributed by atoms with E-state index in [9.17, 15) is 4.79 Å². The zero-order valence-electron chi connectivity index (χ0n) is 11.1. The average Bonchev–Trinajstić information content (AvgIpc) is 2.38. The van der Waals surface area contributed by atoms with Crippen LogP contribution in [0.3, 0.4) is 0 Å². The predicted octanol–water partition coefficient (Wildman–Crippen LogP) is 1.20. The van der Waals surface area contributed by atoms with E-state index >= 15 is 0 Å². The van der Waals surface area contributed by atoms with Crippen LogP contribution in [0.25, 0.3) is 0 Å². The molecule has 1 unspecified atom stereocenters. The molecule has 1 heterocycles. The molecular weight excluding hydrogens is 254 g/mol. The van der Waals surface area contributed by atoms with E-state index in [1.165, 1.54) is 4.68 Å². The van der Waals surface area contributed by atoms with Gasteiger partial charge in [0, 0.05) is 39.2 Å². The van der Waals surface area contributed by atoms with Crippen molar-refractivity contribution in [2.45, 2.75) is 13.5 Å². The van der Waals surface area contributed by atoms with Crippen LogP contribution >= 0.6 is 11.6 Å². The van der Waals surface area contributed by atoms with Gasteiger partial charge >= 0.3 is 0 Å². The molecule has 0 bridgehead atoms. The molecule has 18 heavy (non-hydrogen) atoms. The lowest BCUT2D eigenvalue weighted by Gasteiger charge is -2.18. The van der Waals surface area contributed by atoms with Crippen molar-refractivity contribution in [2.24, 2.45) is 5.92 Å². The minimum atomic E-state index is -0.103. The van der Waals surface area contributed by atoms with Gasteiger partial charge in [0.2, 0.25) is 0 Å². The molecule has 1 rings (SSSR count). The summed E-state index contributed by atoms with van der Waals surface area (Å²) in [5, 5.41) is 4.16. The summed E-state index contributed by atoms with van der Waals surface area (Å²) in [6, 6.07) is 1.59. The van der Waals surface area contributed by atoms with E-state index < -0.39 is 0 Å². The van der Waals surface area contributed by atoms with Gasteiger partial charge < -0.3 is 9.64 Å². The molecule has 0 aliphatic carbocycles. The van der Waals surface area contributed by atoms with Crippen molar-refractivity contribution >= 4 is 17.3 Å². The fourth-order valence-corrected chi connectivity index (χ4v) is 1.57. The number of ether oxygens (including phenoxy) is 1. The number of hydrogen-bond acceptors (Lipinski definition) is 4. The number of alkyl halides is 1. The van der Waals surface area contributed by atoms with Crippen molar-refractivity contribution in [1.29, 1.82) is 0 Å². The van der Waals surface area contributed by atoms with E-state index in [-0.39, 0.29) is 11.5 Å². The van der Waals surface area contributed by atoms with Gasteiger partial charge in [0.25, 0.3) is 5.56 Å². The maximum absolute atomic E-state index is 11.9. The van der Waals surface area contributed by atoms with E-state index in [0.29, 0.717) is 19.0 Å². The number of halogens is 1. The fraction of sp³-hybridized carbons (Fsp3) is 0.667. The molecule has 0 aromatic carbocycles. The molecule has 102 valence electrons. The van der Waals surface area contributed by atoms with Gasteiger partial charge in [0.1, 0.15) is 0 Å². The Morgan fingerprint density at radius 3 is 2.89 bits per heavy atom. The van der Waals surface area contributed by atoms with E-state index in [2.05, 4.69) is 5.10 Å². The second-order valence-electron chi connectivity index (χ2n) is 4.41. The van der Waals surface area contributed by atoms with E-state index in [4.69, 9.17) is 16.3 Å². The Balaban J connectivity index is 2.75. The molecule has 0 amide bonds. The third kappa shape index (κ3) is 4.31. The minimum absolute atomic E-state index is 0.103. The second kappa shape index (κ2) is 7.38. The topological polar surface area (TPSA) is 47.4 Å². The Morgan fingerprint density at radius 1 is 1.61 bits per heavy atom. The summed E-state index contributed by atoms with van der Waals surface area (Å²) in [5.74, 6) is 0.748. The van der Waals surface area contributed by atoms with Gasteiger partial charge in [-0.25, -0.2) is 4.68 Å². The number of anilines is 1. The highest BCUT2D eigenvalue weighted by atomic mass is 35.5. The normalized spacial score (nSPS) is 12.4. The summed E-state index contributed by atoms with van der Waals surface area (Å²) in [6.45, 7) is 3.87. The molecule has 0 radical (unpaired) electrons. The Kier molecular flexibility index (Phi) is 6.15. The molecule has 0 N–H and O–H groups in total. The predicted molar refractivity (Wildman–Crippen MR) is 73.5 cm³/mol. The fourth-order valence-electron chi connectivity index (χ4n) is 1.47. The second-order valence-corrected chi connectivity index (χ2v) is 4.72. The maximum Gasteiger partial charge on any atom is 0.268 e. The first kappa shape index (κ1) is 15.0. The third-order valence-corrected chi connectivity index (χ3v) is 3.20. The molecule has 1 aromatic heterocycles. The Hall–Kier alpha value is -1.07. The van der Waals surface area contributed by atoms with Crippen LogP contribution in [0.15, 0.2) is 17.1 Å². The van der Waals surface area contributed by atoms with Crippen LogP contribution < -0.4 is 10.5 Å². The summed E-state index contributed by atoms with van der Waals surface area (Å²) in [6.07, 6.45) is 1.69. The highest BCUT2D eigenvalue weighted by molar-refractivity contribution is 6.18. The molecule has 5 nitrogen and oxygen atoms in total. The van der Waals surface area contributed by atoms with Crippen LogP contribution in [0.2, 0.25) is 0 Å². The van der Waals surface area contributed by atoms with Gasteiger partial charge in [-0.3, -0.25) is 4.79 Å². The first-order valence-corrected chi connectivity index (χ1v) is 6.45. The molecule has 0 aliphatic heterocycles. The maximum atomic E-state index is 11.9. The van der Waals surface area contributed by atoms with Gasteiger partial charge in [0.15, 0.2) is 0 Å². The standard InChI is InChI=1S/C12H20ClN3O2/c1-10(7-13)9-16-12(17)6-11(8-14-16)15(2)4-5-18-3/h6,8,10H,4-5,7,9H2,1-3H3. The Bertz CT molecular complexity index is 422. The molecule has 0 saturated heterocycles. The zero-order chi connectivity index (χ0) is 13.5. The molecule has 1 atom stereocenters. The smallest absolute Gasteiger partial charge is 0.268 e. The average molecular weight is 274 g/mol. The van der Waals surface area contributed by atoms with Crippen LogP contribution in [-0.4, -0.2) is 43.0 Å². The van der Waals surface area contributed by atoms with Crippen LogP contribution in [0, 0.1) is 5.92 Å². The van der Waals surface area contributed by atoms with Gasteiger partial charge in [-0.15, -0.1) is 11.6 Å². The van der Waals surface area contributed by atoms with Crippen molar-refractivity contribution < 1.29 is 4.74 Å². The zero-order valence-corrected chi connectivity index (χ0v) is 11.9. The number of rotatable bonds is 7. The molecule has 0 spiro atoms. The summed E-state index contributed by atoms with van der Waals surface area (Å²) in [5.41, 5.74) is 0.695. The molecule has 1 aromatic rings. The summed E-state index contributed by atoms with van der Waals surface area (Å²) >= 11 is 5.73. The lowest BCUT2D eigenvalue weighted by Crippen LogP contribution is -2.29. The molecule has 0 saturated carbocycles. The van der Waals surface area contributed by atoms with Crippen molar-refractivity contribution in [1.82, 2.24) is 9.78 Å². The van der Waals surface area contributed by atoms with Crippen molar-refractivity contribution in [2.75, 3.05) is 38.1 Å².